The Hall–Kier alpha value is -3.09. The average Bonchev–Trinajstić information content (AvgIpc) is 2.91. The van der Waals surface area contributed by atoms with Crippen molar-refractivity contribution in [1.29, 1.82) is 0 Å². The van der Waals surface area contributed by atoms with E-state index in [9.17, 15) is 14.4 Å². The second-order valence-corrected chi connectivity index (χ2v) is 7.43. The van der Waals surface area contributed by atoms with E-state index in [4.69, 9.17) is 9.47 Å². The van der Waals surface area contributed by atoms with Crippen molar-refractivity contribution in [3.8, 4) is 0 Å². The van der Waals surface area contributed by atoms with Crippen LogP contribution in [0.2, 0.25) is 0 Å². The van der Waals surface area contributed by atoms with Crippen molar-refractivity contribution in [3.63, 3.8) is 0 Å². The molecular formula is C22H28N2O5. The molecule has 2 rings (SSSR count). The first-order chi connectivity index (χ1) is 13.5. The molecule has 0 fully saturated rings. The minimum atomic E-state index is -1.02. The van der Waals surface area contributed by atoms with E-state index in [1.165, 1.54) is 6.92 Å². The summed E-state index contributed by atoms with van der Waals surface area (Å²) in [6.07, 6.45) is -1.29. The van der Waals surface area contributed by atoms with Crippen molar-refractivity contribution in [2.24, 2.45) is 0 Å². The molecule has 0 aliphatic carbocycles. The first-order valence-corrected chi connectivity index (χ1v) is 9.50. The van der Waals surface area contributed by atoms with Crippen LogP contribution < -0.4 is 5.32 Å². The molecule has 1 heterocycles. The summed E-state index contributed by atoms with van der Waals surface area (Å²) in [5.41, 5.74) is 3.96. The maximum absolute atomic E-state index is 12.6. The van der Waals surface area contributed by atoms with Gasteiger partial charge in [-0.3, -0.25) is 4.79 Å². The summed E-state index contributed by atoms with van der Waals surface area (Å²) >= 11 is 0. The minimum Gasteiger partial charge on any atom is -0.459 e. The molecule has 0 radical (unpaired) electrons. The first kappa shape index (κ1) is 22.2. The number of H-pyrrole nitrogens is 1. The molecule has 1 aromatic carbocycles. The van der Waals surface area contributed by atoms with Gasteiger partial charge in [0.05, 0.1) is 11.7 Å². The highest BCUT2D eigenvalue weighted by atomic mass is 16.6. The van der Waals surface area contributed by atoms with Gasteiger partial charge in [-0.1, -0.05) is 12.1 Å². The van der Waals surface area contributed by atoms with Crippen molar-refractivity contribution < 1.29 is 23.9 Å². The van der Waals surface area contributed by atoms with Gasteiger partial charge in [0.15, 0.2) is 6.10 Å². The van der Waals surface area contributed by atoms with E-state index in [-0.39, 0.29) is 11.8 Å². The maximum atomic E-state index is 12.6. The Morgan fingerprint density at radius 1 is 0.966 bits per heavy atom. The van der Waals surface area contributed by atoms with Crippen LogP contribution in [0.3, 0.4) is 0 Å². The van der Waals surface area contributed by atoms with Gasteiger partial charge in [0, 0.05) is 11.4 Å². The average molecular weight is 400 g/mol. The highest BCUT2D eigenvalue weighted by Crippen LogP contribution is 2.21. The Morgan fingerprint density at radius 3 is 2.24 bits per heavy atom. The Morgan fingerprint density at radius 2 is 1.62 bits per heavy atom. The zero-order valence-electron chi connectivity index (χ0n) is 17.9. The van der Waals surface area contributed by atoms with Crippen LogP contribution in [-0.4, -0.2) is 35.0 Å². The van der Waals surface area contributed by atoms with Gasteiger partial charge in [-0.15, -0.1) is 0 Å². The number of nitrogens with one attached hydrogen (secondary N) is 2. The number of carbonyl (C=O) groups is 3. The van der Waals surface area contributed by atoms with Crippen LogP contribution >= 0.6 is 0 Å². The predicted molar refractivity (Wildman–Crippen MR) is 110 cm³/mol. The number of aromatic amines is 1. The largest absolute Gasteiger partial charge is 0.459 e. The summed E-state index contributed by atoms with van der Waals surface area (Å²) < 4.78 is 10.5. The van der Waals surface area contributed by atoms with Crippen LogP contribution in [0.15, 0.2) is 18.2 Å². The standard InChI is InChI=1S/C22H28N2O5/c1-11(2)28-21(26)18-14(5)19(23-15(18)6)22(27)29-16(7)20(25)24-17-10-12(3)8-9-13(17)4/h8-11,16,23H,1-7H3,(H,24,25)/t16-/m0/s1. The van der Waals surface area contributed by atoms with Gasteiger partial charge >= 0.3 is 11.9 Å². The molecular weight excluding hydrogens is 372 g/mol. The lowest BCUT2D eigenvalue weighted by molar-refractivity contribution is -0.123. The molecule has 0 saturated heterocycles. The van der Waals surface area contributed by atoms with E-state index in [1.54, 1.807) is 27.7 Å². The molecule has 1 amide bonds. The summed E-state index contributed by atoms with van der Waals surface area (Å²) in [7, 11) is 0. The smallest absolute Gasteiger partial charge is 0.355 e. The predicted octanol–water partition coefficient (Wildman–Crippen LogP) is 4.00. The van der Waals surface area contributed by atoms with Crippen LogP contribution in [0.4, 0.5) is 5.69 Å². The van der Waals surface area contributed by atoms with Crippen molar-refractivity contribution in [2.45, 2.75) is 60.7 Å². The highest BCUT2D eigenvalue weighted by Gasteiger charge is 2.27. The lowest BCUT2D eigenvalue weighted by Crippen LogP contribution is -2.30. The summed E-state index contributed by atoms with van der Waals surface area (Å²) in [5.74, 6) is -1.66. The van der Waals surface area contributed by atoms with Crippen molar-refractivity contribution in [3.05, 3.63) is 51.8 Å². The molecule has 2 aromatic rings. The first-order valence-electron chi connectivity index (χ1n) is 9.50. The molecule has 0 aliphatic rings. The number of ether oxygens (including phenoxy) is 2. The van der Waals surface area contributed by atoms with Crippen LogP contribution in [0.1, 0.15) is 64.0 Å². The number of aromatic nitrogens is 1. The molecule has 1 aromatic heterocycles. The Labute approximate surface area is 170 Å². The molecule has 0 spiro atoms. The third-order valence-corrected chi connectivity index (χ3v) is 4.49. The minimum absolute atomic E-state index is 0.129. The van der Waals surface area contributed by atoms with Gasteiger partial charge in [-0.25, -0.2) is 9.59 Å². The molecule has 0 aliphatic heterocycles. The Bertz CT molecular complexity index is 943. The van der Waals surface area contributed by atoms with E-state index in [0.29, 0.717) is 22.5 Å². The lowest BCUT2D eigenvalue weighted by atomic mass is 10.1. The number of rotatable bonds is 6. The molecule has 7 nitrogen and oxygen atoms in total. The molecule has 0 saturated carbocycles. The fourth-order valence-corrected chi connectivity index (χ4v) is 2.91. The number of benzene rings is 1. The molecule has 7 heteroatoms. The monoisotopic (exact) mass is 400 g/mol. The van der Waals surface area contributed by atoms with E-state index < -0.39 is 23.9 Å². The third kappa shape index (κ3) is 5.25. The normalized spacial score (nSPS) is 11.9. The topological polar surface area (TPSA) is 97.5 Å². The fourth-order valence-electron chi connectivity index (χ4n) is 2.91. The number of carbonyl (C=O) groups excluding carboxylic acids is 3. The van der Waals surface area contributed by atoms with E-state index in [0.717, 1.165) is 11.1 Å². The van der Waals surface area contributed by atoms with Gasteiger partial charge in [0.25, 0.3) is 5.91 Å². The highest BCUT2D eigenvalue weighted by molar-refractivity contribution is 6.00. The molecule has 0 bridgehead atoms. The summed E-state index contributed by atoms with van der Waals surface area (Å²) in [4.78, 5) is 40.2. The van der Waals surface area contributed by atoms with Gasteiger partial charge in [-0.2, -0.15) is 0 Å². The van der Waals surface area contributed by atoms with E-state index >= 15 is 0 Å². The van der Waals surface area contributed by atoms with E-state index in [1.807, 2.05) is 32.0 Å². The number of hydrogen-bond acceptors (Lipinski definition) is 5. The maximum Gasteiger partial charge on any atom is 0.355 e. The molecule has 2 N–H and O–H groups in total. The van der Waals surface area contributed by atoms with Crippen molar-refractivity contribution in [2.75, 3.05) is 5.32 Å². The van der Waals surface area contributed by atoms with Crippen molar-refractivity contribution >= 4 is 23.5 Å². The van der Waals surface area contributed by atoms with Crippen LogP contribution in [0, 0.1) is 27.7 Å². The van der Waals surface area contributed by atoms with Crippen LogP contribution in [0.5, 0.6) is 0 Å². The van der Waals surface area contributed by atoms with Crippen LogP contribution in [-0.2, 0) is 14.3 Å². The third-order valence-electron chi connectivity index (χ3n) is 4.49. The number of esters is 2. The molecule has 1 atom stereocenters. The zero-order valence-corrected chi connectivity index (χ0v) is 17.9. The number of hydrogen-bond donors (Lipinski definition) is 2. The zero-order chi connectivity index (χ0) is 21.9. The van der Waals surface area contributed by atoms with Gasteiger partial charge in [0.2, 0.25) is 0 Å². The molecule has 29 heavy (non-hydrogen) atoms. The SMILES string of the molecule is Cc1ccc(C)c(NC(=O)[C@H](C)OC(=O)c2[nH]c(C)c(C(=O)OC(C)C)c2C)c1. The van der Waals surface area contributed by atoms with Crippen molar-refractivity contribution in [1.82, 2.24) is 4.98 Å². The van der Waals surface area contributed by atoms with Gasteiger partial charge in [-0.05, 0) is 71.2 Å². The Kier molecular flexibility index (Phi) is 6.84. The number of amides is 1. The van der Waals surface area contributed by atoms with Gasteiger partial charge in [0.1, 0.15) is 5.69 Å². The van der Waals surface area contributed by atoms with Gasteiger partial charge < -0.3 is 19.8 Å². The summed E-state index contributed by atoms with van der Waals surface area (Å²) in [5, 5.41) is 2.78. The number of aryl methyl sites for hydroxylation is 3. The fraction of sp³-hybridized carbons (Fsp3) is 0.409. The van der Waals surface area contributed by atoms with E-state index in [2.05, 4.69) is 10.3 Å². The molecule has 0 unspecified atom stereocenters. The summed E-state index contributed by atoms with van der Waals surface area (Å²) in [6.45, 7) is 12.1. The quantitative estimate of drug-likeness (QED) is 0.715. The second-order valence-electron chi connectivity index (χ2n) is 7.43. The second kappa shape index (κ2) is 8.94. The summed E-state index contributed by atoms with van der Waals surface area (Å²) in [6, 6.07) is 5.71. The Balaban J connectivity index is 2.12. The number of anilines is 1. The molecule has 156 valence electrons. The lowest BCUT2D eigenvalue weighted by Gasteiger charge is -2.15. The van der Waals surface area contributed by atoms with Crippen LogP contribution in [0.25, 0.3) is 0 Å².